The molecule has 1 atom stereocenters. The SMILES string of the molecule is Cc1ccc(S(=O)(=O)N(C)c2ccc(C(=O)N[C@H]3CCOc4ccccc43)cc2)cc1. The van der Waals surface area contributed by atoms with Crippen LogP contribution in [0.3, 0.4) is 0 Å². The molecule has 0 spiro atoms. The number of hydrogen-bond acceptors (Lipinski definition) is 4. The number of anilines is 1. The number of hydrogen-bond donors (Lipinski definition) is 1. The lowest BCUT2D eigenvalue weighted by Crippen LogP contribution is -2.32. The maximum atomic E-state index is 12.9. The number of nitrogens with one attached hydrogen (secondary N) is 1. The summed E-state index contributed by atoms with van der Waals surface area (Å²) in [5.41, 5.74) is 2.90. The van der Waals surface area contributed by atoms with E-state index in [0.717, 1.165) is 16.9 Å². The number of rotatable bonds is 5. The van der Waals surface area contributed by atoms with E-state index in [-0.39, 0.29) is 16.8 Å². The number of sulfonamides is 1. The van der Waals surface area contributed by atoms with Crippen molar-refractivity contribution in [2.24, 2.45) is 0 Å². The van der Waals surface area contributed by atoms with Crippen molar-refractivity contribution in [2.45, 2.75) is 24.3 Å². The van der Waals surface area contributed by atoms with E-state index in [4.69, 9.17) is 4.74 Å². The highest BCUT2D eigenvalue weighted by Gasteiger charge is 2.24. The van der Waals surface area contributed by atoms with Gasteiger partial charge in [-0.1, -0.05) is 35.9 Å². The Labute approximate surface area is 182 Å². The summed E-state index contributed by atoms with van der Waals surface area (Å²) in [5.74, 6) is 0.578. The number of carbonyl (C=O) groups excluding carboxylic acids is 1. The van der Waals surface area contributed by atoms with E-state index >= 15 is 0 Å². The number of amides is 1. The van der Waals surface area contributed by atoms with E-state index < -0.39 is 10.0 Å². The van der Waals surface area contributed by atoms with E-state index in [1.807, 2.05) is 31.2 Å². The van der Waals surface area contributed by atoms with Crippen LogP contribution in [0.2, 0.25) is 0 Å². The molecule has 160 valence electrons. The van der Waals surface area contributed by atoms with E-state index in [9.17, 15) is 13.2 Å². The van der Waals surface area contributed by atoms with Gasteiger partial charge in [-0.05, 0) is 49.4 Å². The molecule has 6 nitrogen and oxygen atoms in total. The van der Waals surface area contributed by atoms with Crippen LogP contribution in [0.15, 0.2) is 77.7 Å². The van der Waals surface area contributed by atoms with Crippen LogP contribution >= 0.6 is 0 Å². The minimum absolute atomic E-state index is 0.123. The van der Waals surface area contributed by atoms with Gasteiger partial charge in [0.15, 0.2) is 0 Å². The van der Waals surface area contributed by atoms with E-state index in [2.05, 4.69) is 5.32 Å². The first-order valence-corrected chi connectivity index (χ1v) is 11.5. The minimum Gasteiger partial charge on any atom is -0.493 e. The summed E-state index contributed by atoms with van der Waals surface area (Å²) in [6.07, 6.45) is 0.693. The number of para-hydroxylation sites is 1. The third-order valence-electron chi connectivity index (χ3n) is 5.44. The van der Waals surface area contributed by atoms with Gasteiger partial charge in [-0.15, -0.1) is 0 Å². The number of nitrogens with zero attached hydrogens (tertiary/aromatic N) is 1. The molecule has 0 saturated heterocycles. The van der Waals surface area contributed by atoms with Crippen molar-refractivity contribution in [3.8, 4) is 5.75 Å². The summed E-state index contributed by atoms with van der Waals surface area (Å²) < 4.78 is 32.6. The van der Waals surface area contributed by atoms with E-state index in [1.54, 1.807) is 48.5 Å². The third-order valence-corrected chi connectivity index (χ3v) is 7.24. The summed E-state index contributed by atoms with van der Waals surface area (Å²) in [4.78, 5) is 13.0. The number of fused-ring (bicyclic) bond motifs is 1. The van der Waals surface area contributed by atoms with Crippen LogP contribution in [0.5, 0.6) is 5.75 Å². The molecule has 1 aliphatic rings. The Balaban J connectivity index is 1.49. The average Bonchev–Trinajstić information content (AvgIpc) is 2.79. The Morgan fingerprint density at radius 3 is 2.39 bits per heavy atom. The summed E-state index contributed by atoms with van der Waals surface area (Å²) in [6.45, 7) is 2.45. The Morgan fingerprint density at radius 2 is 1.68 bits per heavy atom. The van der Waals surface area contributed by atoms with Crippen molar-refractivity contribution in [3.05, 3.63) is 89.5 Å². The molecule has 0 radical (unpaired) electrons. The van der Waals surface area contributed by atoms with Crippen LogP contribution in [-0.2, 0) is 10.0 Å². The molecule has 7 heteroatoms. The van der Waals surface area contributed by atoms with Crippen molar-refractivity contribution >= 4 is 21.6 Å². The summed E-state index contributed by atoms with van der Waals surface area (Å²) in [5, 5.41) is 3.05. The molecule has 31 heavy (non-hydrogen) atoms. The fourth-order valence-corrected chi connectivity index (χ4v) is 4.76. The Hall–Kier alpha value is -3.32. The first-order valence-electron chi connectivity index (χ1n) is 10.0. The van der Waals surface area contributed by atoms with Crippen molar-refractivity contribution in [1.29, 1.82) is 0 Å². The zero-order valence-corrected chi connectivity index (χ0v) is 18.2. The molecule has 0 aliphatic carbocycles. The molecule has 0 aromatic heterocycles. The van der Waals surface area contributed by atoms with Gasteiger partial charge >= 0.3 is 0 Å². The molecule has 1 N–H and O–H groups in total. The fraction of sp³-hybridized carbons (Fsp3) is 0.208. The van der Waals surface area contributed by atoms with Crippen molar-refractivity contribution < 1.29 is 17.9 Å². The van der Waals surface area contributed by atoms with Gasteiger partial charge in [-0.2, -0.15) is 0 Å². The van der Waals surface area contributed by atoms with Crippen molar-refractivity contribution in [2.75, 3.05) is 18.0 Å². The highest BCUT2D eigenvalue weighted by atomic mass is 32.2. The Morgan fingerprint density at radius 1 is 1.00 bits per heavy atom. The Kier molecular flexibility index (Phi) is 5.69. The summed E-state index contributed by atoms with van der Waals surface area (Å²) in [7, 11) is -2.18. The Bertz CT molecular complexity index is 1190. The second kappa shape index (κ2) is 8.43. The average molecular weight is 437 g/mol. The predicted molar refractivity (Wildman–Crippen MR) is 120 cm³/mol. The number of carbonyl (C=O) groups is 1. The molecule has 1 heterocycles. The zero-order chi connectivity index (χ0) is 22.0. The second-order valence-corrected chi connectivity index (χ2v) is 9.50. The molecule has 0 saturated carbocycles. The normalized spacial score (nSPS) is 15.5. The van der Waals surface area contributed by atoms with Crippen LogP contribution in [0.1, 0.15) is 33.9 Å². The molecule has 3 aromatic carbocycles. The lowest BCUT2D eigenvalue weighted by molar-refractivity contribution is 0.0925. The van der Waals surface area contributed by atoms with Crippen LogP contribution < -0.4 is 14.4 Å². The standard InChI is InChI=1S/C24H24N2O4S/c1-17-7-13-20(14-8-17)31(28,29)26(2)19-11-9-18(10-12-19)24(27)25-22-15-16-30-23-6-4-3-5-21(22)23/h3-14,22H,15-16H2,1-2H3,(H,25,27)/t22-/m0/s1. The smallest absolute Gasteiger partial charge is 0.264 e. The van der Waals surface area contributed by atoms with Gasteiger partial charge in [-0.3, -0.25) is 9.10 Å². The molecule has 0 fully saturated rings. The van der Waals surface area contributed by atoms with Gasteiger partial charge < -0.3 is 10.1 Å². The van der Waals surface area contributed by atoms with Gasteiger partial charge in [0.1, 0.15) is 5.75 Å². The van der Waals surface area contributed by atoms with Gasteiger partial charge in [-0.25, -0.2) is 8.42 Å². The third kappa shape index (κ3) is 4.27. The van der Waals surface area contributed by atoms with Gasteiger partial charge in [0.05, 0.1) is 23.2 Å². The van der Waals surface area contributed by atoms with Gasteiger partial charge in [0.2, 0.25) is 0 Å². The molecule has 4 rings (SSSR count). The van der Waals surface area contributed by atoms with Crippen molar-refractivity contribution in [1.82, 2.24) is 5.32 Å². The molecule has 0 bridgehead atoms. The van der Waals surface area contributed by atoms with Crippen LogP contribution in [0.25, 0.3) is 0 Å². The van der Waals surface area contributed by atoms with Gasteiger partial charge in [0.25, 0.3) is 15.9 Å². The molecule has 3 aromatic rings. The first kappa shape index (κ1) is 20.9. The van der Waals surface area contributed by atoms with Crippen LogP contribution in [0, 0.1) is 6.92 Å². The van der Waals surface area contributed by atoms with E-state index in [1.165, 1.54) is 11.4 Å². The fourth-order valence-electron chi connectivity index (χ4n) is 3.56. The lowest BCUT2D eigenvalue weighted by Gasteiger charge is -2.26. The van der Waals surface area contributed by atoms with Crippen LogP contribution in [0.4, 0.5) is 5.69 Å². The maximum absolute atomic E-state index is 12.9. The minimum atomic E-state index is -3.68. The number of benzene rings is 3. The molecular formula is C24H24N2O4S. The molecule has 1 amide bonds. The number of aryl methyl sites for hydroxylation is 1. The topological polar surface area (TPSA) is 75.7 Å². The maximum Gasteiger partial charge on any atom is 0.264 e. The van der Waals surface area contributed by atoms with Crippen LogP contribution in [-0.4, -0.2) is 28.0 Å². The first-order chi connectivity index (χ1) is 14.9. The highest BCUT2D eigenvalue weighted by Crippen LogP contribution is 2.32. The van der Waals surface area contributed by atoms with Crippen molar-refractivity contribution in [3.63, 3.8) is 0 Å². The molecular weight excluding hydrogens is 412 g/mol. The zero-order valence-electron chi connectivity index (χ0n) is 17.4. The van der Waals surface area contributed by atoms with E-state index in [0.29, 0.717) is 24.3 Å². The van der Waals surface area contributed by atoms with Gasteiger partial charge in [0, 0.05) is 24.6 Å². The molecule has 0 unspecified atom stereocenters. The highest BCUT2D eigenvalue weighted by molar-refractivity contribution is 7.92. The molecule has 1 aliphatic heterocycles. The predicted octanol–water partition coefficient (Wildman–Crippen LogP) is 4.07. The summed E-state index contributed by atoms with van der Waals surface area (Å²) >= 11 is 0. The largest absolute Gasteiger partial charge is 0.493 e. The quantitative estimate of drug-likeness (QED) is 0.654. The summed E-state index contributed by atoms with van der Waals surface area (Å²) in [6, 6.07) is 20.8. The number of ether oxygens (including phenoxy) is 1. The monoisotopic (exact) mass is 436 g/mol. The second-order valence-electron chi connectivity index (χ2n) is 7.53. The lowest BCUT2D eigenvalue weighted by atomic mass is 10.00.